The van der Waals surface area contributed by atoms with Crippen LogP contribution in [0.2, 0.25) is 0 Å². The molecule has 2 atom stereocenters. The molecule has 5 nitrogen and oxygen atoms in total. The molecule has 0 saturated carbocycles. The molecule has 19 heavy (non-hydrogen) atoms. The van der Waals surface area contributed by atoms with Crippen molar-refractivity contribution >= 4 is 0 Å². The third kappa shape index (κ3) is 2.87. The molecule has 1 aromatic heterocycles. The highest BCUT2D eigenvalue weighted by Gasteiger charge is 2.30. The number of likely N-dealkylation sites (tertiary alicyclic amines) is 1. The molecule has 0 aromatic carbocycles. The van der Waals surface area contributed by atoms with Crippen LogP contribution in [0.25, 0.3) is 0 Å². The maximum Gasteiger partial charge on any atom is 0.162 e. The molecule has 0 radical (unpaired) electrons. The molecule has 0 bridgehead atoms. The van der Waals surface area contributed by atoms with Crippen molar-refractivity contribution in [2.75, 3.05) is 27.2 Å². The van der Waals surface area contributed by atoms with Gasteiger partial charge in [-0.25, -0.2) is 9.97 Å². The average Bonchev–Trinajstić information content (AvgIpc) is 2.37. The fourth-order valence-electron chi connectivity index (χ4n) is 2.85. The van der Waals surface area contributed by atoms with Crippen LogP contribution in [0.4, 0.5) is 0 Å². The molecule has 1 aromatic rings. The van der Waals surface area contributed by atoms with E-state index in [9.17, 15) is 0 Å². The number of methoxy groups -OCH3 is 1. The lowest BCUT2D eigenvalue weighted by Gasteiger charge is -2.34. The van der Waals surface area contributed by atoms with Crippen molar-refractivity contribution in [3.8, 4) is 5.75 Å². The van der Waals surface area contributed by atoms with Gasteiger partial charge in [-0.2, -0.15) is 0 Å². The summed E-state index contributed by atoms with van der Waals surface area (Å²) in [6, 6.07) is 0.103. The normalized spacial score (nSPS) is 24.5. The van der Waals surface area contributed by atoms with Gasteiger partial charge in [0.05, 0.1) is 18.5 Å². The van der Waals surface area contributed by atoms with E-state index in [1.165, 1.54) is 0 Å². The van der Waals surface area contributed by atoms with Gasteiger partial charge in [-0.05, 0) is 33.4 Å². The van der Waals surface area contributed by atoms with Gasteiger partial charge in [0.1, 0.15) is 5.82 Å². The van der Waals surface area contributed by atoms with Gasteiger partial charge in [0, 0.05) is 18.5 Å². The zero-order valence-corrected chi connectivity index (χ0v) is 12.3. The van der Waals surface area contributed by atoms with Crippen LogP contribution in [0.15, 0.2) is 0 Å². The Morgan fingerprint density at radius 3 is 2.74 bits per heavy atom. The van der Waals surface area contributed by atoms with Crippen molar-refractivity contribution in [3.63, 3.8) is 0 Å². The van der Waals surface area contributed by atoms with E-state index in [1.807, 2.05) is 6.92 Å². The van der Waals surface area contributed by atoms with Crippen LogP contribution in [0.5, 0.6) is 5.75 Å². The van der Waals surface area contributed by atoms with E-state index in [4.69, 9.17) is 10.5 Å². The molecule has 2 heterocycles. The SMILES string of the molecule is CCc1nc(C)nc(C2CCN(C)CC2N)c1OC. The van der Waals surface area contributed by atoms with Crippen LogP contribution in [0.3, 0.4) is 0 Å². The first kappa shape index (κ1) is 14.2. The minimum absolute atomic E-state index is 0.103. The number of likely N-dealkylation sites (N-methyl/N-ethyl adjacent to an activating group) is 1. The summed E-state index contributed by atoms with van der Waals surface area (Å²) in [7, 11) is 3.80. The summed E-state index contributed by atoms with van der Waals surface area (Å²) >= 11 is 0. The Bertz CT molecular complexity index is 449. The molecule has 1 aliphatic rings. The molecule has 0 aliphatic carbocycles. The zero-order valence-electron chi connectivity index (χ0n) is 12.3. The lowest BCUT2D eigenvalue weighted by atomic mass is 9.88. The number of aromatic nitrogens is 2. The van der Waals surface area contributed by atoms with Gasteiger partial charge in [0.15, 0.2) is 5.75 Å². The second kappa shape index (κ2) is 5.84. The third-order valence-electron chi connectivity index (χ3n) is 3.83. The molecule has 2 N–H and O–H groups in total. The van der Waals surface area contributed by atoms with E-state index in [2.05, 4.69) is 28.8 Å². The highest BCUT2D eigenvalue weighted by molar-refractivity contribution is 5.37. The molecule has 1 fully saturated rings. The highest BCUT2D eigenvalue weighted by Crippen LogP contribution is 2.33. The molecule has 0 amide bonds. The molecule has 1 aliphatic heterocycles. The van der Waals surface area contributed by atoms with Gasteiger partial charge < -0.3 is 15.4 Å². The van der Waals surface area contributed by atoms with Crippen molar-refractivity contribution in [3.05, 3.63) is 17.2 Å². The number of nitrogens with zero attached hydrogens (tertiary/aromatic N) is 3. The van der Waals surface area contributed by atoms with Crippen molar-refractivity contribution in [2.45, 2.75) is 38.6 Å². The zero-order chi connectivity index (χ0) is 14.0. The third-order valence-corrected chi connectivity index (χ3v) is 3.83. The van der Waals surface area contributed by atoms with Gasteiger partial charge in [-0.1, -0.05) is 6.92 Å². The number of rotatable bonds is 3. The summed E-state index contributed by atoms with van der Waals surface area (Å²) in [4.78, 5) is 11.4. The van der Waals surface area contributed by atoms with Crippen molar-refractivity contribution < 1.29 is 4.74 Å². The van der Waals surface area contributed by atoms with Gasteiger partial charge in [-0.15, -0.1) is 0 Å². The Balaban J connectivity index is 2.40. The highest BCUT2D eigenvalue weighted by atomic mass is 16.5. The number of ether oxygens (including phenoxy) is 1. The minimum Gasteiger partial charge on any atom is -0.493 e. The van der Waals surface area contributed by atoms with Gasteiger partial charge >= 0.3 is 0 Å². The first-order valence-electron chi connectivity index (χ1n) is 6.92. The van der Waals surface area contributed by atoms with Crippen LogP contribution in [0, 0.1) is 6.92 Å². The number of hydrogen-bond acceptors (Lipinski definition) is 5. The van der Waals surface area contributed by atoms with Crippen LogP contribution >= 0.6 is 0 Å². The smallest absolute Gasteiger partial charge is 0.162 e. The molecule has 2 rings (SSSR count). The van der Waals surface area contributed by atoms with Gasteiger partial charge in [-0.3, -0.25) is 0 Å². The van der Waals surface area contributed by atoms with E-state index in [1.54, 1.807) is 7.11 Å². The van der Waals surface area contributed by atoms with E-state index in [0.29, 0.717) is 0 Å². The predicted octanol–water partition coefficient (Wildman–Crippen LogP) is 1.10. The van der Waals surface area contributed by atoms with Crippen molar-refractivity contribution in [2.24, 2.45) is 5.73 Å². The summed E-state index contributed by atoms with van der Waals surface area (Å²) in [5, 5.41) is 0. The lowest BCUT2D eigenvalue weighted by Crippen LogP contribution is -2.46. The van der Waals surface area contributed by atoms with Crippen molar-refractivity contribution in [1.82, 2.24) is 14.9 Å². The van der Waals surface area contributed by atoms with Crippen LogP contribution < -0.4 is 10.5 Å². The van der Waals surface area contributed by atoms with Crippen LogP contribution in [-0.4, -0.2) is 48.2 Å². The Kier molecular flexibility index (Phi) is 4.37. The summed E-state index contributed by atoms with van der Waals surface area (Å²) in [6.07, 6.45) is 1.87. The molecule has 5 heteroatoms. The predicted molar refractivity (Wildman–Crippen MR) is 75.5 cm³/mol. The monoisotopic (exact) mass is 264 g/mol. The summed E-state index contributed by atoms with van der Waals surface area (Å²) in [6.45, 7) is 5.97. The maximum absolute atomic E-state index is 6.31. The average molecular weight is 264 g/mol. The van der Waals surface area contributed by atoms with E-state index < -0.39 is 0 Å². The van der Waals surface area contributed by atoms with Crippen molar-refractivity contribution in [1.29, 1.82) is 0 Å². The Labute approximate surface area is 115 Å². The maximum atomic E-state index is 6.31. The number of aryl methyl sites for hydroxylation is 2. The topological polar surface area (TPSA) is 64.3 Å². The van der Waals surface area contributed by atoms with Crippen LogP contribution in [-0.2, 0) is 6.42 Å². The Morgan fingerprint density at radius 2 is 2.16 bits per heavy atom. The van der Waals surface area contributed by atoms with Gasteiger partial charge in [0.2, 0.25) is 0 Å². The first-order valence-corrected chi connectivity index (χ1v) is 6.92. The van der Waals surface area contributed by atoms with Crippen LogP contribution in [0.1, 0.15) is 36.5 Å². The number of piperidine rings is 1. The Hall–Kier alpha value is -1.20. The molecule has 1 saturated heterocycles. The fourth-order valence-corrected chi connectivity index (χ4v) is 2.85. The van der Waals surface area contributed by atoms with E-state index >= 15 is 0 Å². The summed E-state index contributed by atoms with van der Waals surface area (Å²) in [5.74, 6) is 1.90. The molecule has 106 valence electrons. The Morgan fingerprint density at radius 1 is 1.42 bits per heavy atom. The van der Waals surface area contributed by atoms with Gasteiger partial charge in [0.25, 0.3) is 0 Å². The number of hydrogen-bond donors (Lipinski definition) is 1. The first-order chi connectivity index (χ1) is 9.06. The molecule has 2 unspecified atom stereocenters. The quantitative estimate of drug-likeness (QED) is 0.885. The molecule has 0 spiro atoms. The second-order valence-electron chi connectivity index (χ2n) is 5.31. The van der Waals surface area contributed by atoms with E-state index in [-0.39, 0.29) is 12.0 Å². The molecular weight excluding hydrogens is 240 g/mol. The molecular formula is C14H24N4O. The minimum atomic E-state index is 0.103. The standard InChI is InChI=1S/C14H24N4O/c1-5-12-14(19-4)13(17-9(2)16-12)10-6-7-18(3)8-11(10)15/h10-11H,5-8,15H2,1-4H3. The number of nitrogens with two attached hydrogens (primary N) is 1. The summed E-state index contributed by atoms with van der Waals surface area (Å²) < 4.78 is 5.56. The largest absolute Gasteiger partial charge is 0.493 e. The fraction of sp³-hybridized carbons (Fsp3) is 0.714. The lowest BCUT2D eigenvalue weighted by molar-refractivity contribution is 0.223. The van der Waals surface area contributed by atoms with E-state index in [0.717, 1.165) is 48.9 Å². The second-order valence-corrected chi connectivity index (χ2v) is 5.31. The summed E-state index contributed by atoms with van der Waals surface area (Å²) in [5.41, 5.74) is 8.28.